The maximum absolute atomic E-state index is 11.9. The molecular weight excluding hydrogens is 302 g/mol. The fraction of sp³-hybridized carbons (Fsp3) is 0.600. The van der Waals surface area contributed by atoms with Gasteiger partial charge in [0.15, 0.2) is 0 Å². The second-order valence-electron chi connectivity index (χ2n) is 5.68. The number of carbonyl (C=O) groups excluding carboxylic acids is 2. The first-order chi connectivity index (χ1) is 10.7. The molecule has 1 atom stereocenters. The number of amides is 2. The number of hydrogen-bond donors (Lipinski definition) is 2. The lowest BCUT2D eigenvalue weighted by atomic mass is 10.1. The monoisotopic (exact) mass is 323 g/mol. The summed E-state index contributed by atoms with van der Waals surface area (Å²) in [5.41, 5.74) is 1.18. The molecule has 2 fully saturated rings. The van der Waals surface area contributed by atoms with Gasteiger partial charge in [-0.1, -0.05) is 0 Å². The van der Waals surface area contributed by atoms with E-state index in [1.165, 1.54) is 5.56 Å². The fourth-order valence-electron chi connectivity index (χ4n) is 2.56. The molecule has 1 unspecified atom stereocenters. The number of thiophene rings is 1. The van der Waals surface area contributed by atoms with Gasteiger partial charge in [-0.2, -0.15) is 11.3 Å². The summed E-state index contributed by atoms with van der Waals surface area (Å²) in [6.07, 6.45) is 1.95. The zero-order valence-electron chi connectivity index (χ0n) is 12.4. The number of ether oxygens (including phenoxy) is 1. The van der Waals surface area contributed by atoms with Crippen LogP contribution in [0.25, 0.3) is 0 Å². The average Bonchev–Trinajstić information content (AvgIpc) is 3.19. The van der Waals surface area contributed by atoms with E-state index in [0.29, 0.717) is 19.8 Å². The van der Waals surface area contributed by atoms with Crippen LogP contribution in [-0.2, 0) is 14.3 Å². The van der Waals surface area contributed by atoms with E-state index in [9.17, 15) is 9.59 Å². The number of hydrogen-bond acceptors (Lipinski definition) is 5. The minimum Gasteiger partial charge on any atom is -0.379 e. The summed E-state index contributed by atoms with van der Waals surface area (Å²) >= 11 is 1.64. The van der Waals surface area contributed by atoms with Crippen molar-refractivity contribution in [2.45, 2.75) is 24.9 Å². The van der Waals surface area contributed by atoms with Gasteiger partial charge >= 0.3 is 11.8 Å². The lowest BCUT2D eigenvalue weighted by Crippen LogP contribution is -2.47. The highest BCUT2D eigenvalue weighted by atomic mass is 32.1. The number of nitrogens with zero attached hydrogens (tertiary/aromatic N) is 1. The molecule has 2 aliphatic rings. The Balaban J connectivity index is 1.57. The smallest absolute Gasteiger partial charge is 0.309 e. The summed E-state index contributed by atoms with van der Waals surface area (Å²) in [6, 6.07) is 2.36. The molecule has 1 saturated carbocycles. The fourth-order valence-corrected chi connectivity index (χ4v) is 3.27. The quantitative estimate of drug-likeness (QED) is 0.775. The molecule has 1 saturated heterocycles. The van der Waals surface area contributed by atoms with Crippen LogP contribution in [0.1, 0.15) is 24.4 Å². The van der Waals surface area contributed by atoms with Gasteiger partial charge in [0, 0.05) is 25.7 Å². The average molecular weight is 323 g/mol. The third-order valence-corrected chi connectivity index (χ3v) is 4.69. The molecule has 22 heavy (non-hydrogen) atoms. The normalized spacial score (nSPS) is 20.4. The van der Waals surface area contributed by atoms with E-state index in [1.54, 1.807) is 11.3 Å². The second-order valence-corrected chi connectivity index (χ2v) is 6.46. The highest BCUT2D eigenvalue weighted by molar-refractivity contribution is 7.07. The van der Waals surface area contributed by atoms with E-state index in [-0.39, 0.29) is 12.1 Å². The lowest BCUT2D eigenvalue weighted by Gasteiger charge is -2.34. The van der Waals surface area contributed by atoms with Crippen LogP contribution in [0.5, 0.6) is 0 Å². The molecule has 2 heterocycles. The van der Waals surface area contributed by atoms with E-state index in [1.807, 2.05) is 5.38 Å². The third-order valence-electron chi connectivity index (χ3n) is 3.99. The minimum absolute atomic E-state index is 0.0906. The highest BCUT2D eigenvalue weighted by Crippen LogP contribution is 2.23. The van der Waals surface area contributed by atoms with Gasteiger partial charge in [0.05, 0.1) is 19.3 Å². The Hall–Kier alpha value is -1.44. The van der Waals surface area contributed by atoms with Crippen molar-refractivity contribution < 1.29 is 14.3 Å². The van der Waals surface area contributed by atoms with Gasteiger partial charge in [-0.3, -0.25) is 14.5 Å². The van der Waals surface area contributed by atoms with E-state index >= 15 is 0 Å². The molecule has 0 spiro atoms. The predicted octanol–water partition coefficient (Wildman–Crippen LogP) is 0.516. The molecule has 1 aromatic heterocycles. The summed E-state index contributed by atoms with van der Waals surface area (Å²) in [7, 11) is 0. The second kappa shape index (κ2) is 7.21. The zero-order chi connectivity index (χ0) is 15.4. The Bertz CT molecular complexity index is 510. The van der Waals surface area contributed by atoms with Crippen molar-refractivity contribution >= 4 is 23.2 Å². The zero-order valence-corrected chi connectivity index (χ0v) is 13.2. The van der Waals surface area contributed by atoms with Crippen LogP contribution in [0, 0.1) is 0 Å². The first-order valence-corrected chi connectivity index (χ1v) is 8.61. The van der Waals surface area contributed by atoms with Crippen LogP contribution < -0.4 is 10.6 Å². The molecule has 3 rings (SSSR count). The van der Waals surface area contributed by atoms with Gasteiger partial charge in [-0.15, -0.1) is 0 Å². The van der Waals surface area contributed by atoms with Crippen LogP contribution in [0.3, 0.4) is 0 Å². The Morgan fingerprint density at radius 2 is 2.09 bits per heavy atom. The van der Waals surface area contributed by atoms with Crippen LogP contribution >= 0.6 is 11.3 Å². The molecule has 2 amide bonds. The minimum atomic E-state index is -0.541. The highest BCUT2D eigenvalue weighted by Gasteiger charge is 2.28. The van der Waals surface area contributed by atoms with Crippen molar-refractivity contribution in [2.75, 3.05) is 32.8 Å². The van der Waals surface area contributed by atoms with E-state index in [4.69, 9.17) is 4.74 Å². The van der Waals surface area contributed by atoms with Crippen LogP contribution in [-0.4, -0.2) is 55.6 Å². The standard InChI is InChI=1S/C15H21N3O3S/c19-14(15(20)17-12-1-2-12)16-9-13(11-3-8-22-10-11)18-4-6-21-7-5-18/h3,8,10,12-13H,1-2,4-7,9H2,(H,16,19)(H,17,20). The summed E-state index contributed by atoms with van der Waals surface area (Å²) in [5, 5.41) is 9.61. The number of nitrogens with one attached hydrogen (secondary N) is 2. The molecule has 0 bridgehead atoms. The van der Waals surface area contributed by atoms with Crippen molar-refractivity contribution in [1.82, 2.24) is 15.5 Å². The lowest BCUT2D eigenvalue weighted by molar-refractivity contribution is -0.139. The number of rotatable bonds is 5. The van der Waals surface area contributed by atoms with Crippen LogP contribution in [0.15, 0.2) is 16.8 Å². The van der Waals surface area contributed by atoms with Crippen molar-refractivity contribution in [1.29, 1.82) is 0 Å². The Kier molecular flexibility index (Phi) is 5.07. The van der Waals surface area contributed by atoms with Gasteiger partial charge in [0.1, 0.15) is 0 Å². The largest absolute Gasteiger partial charge is 0.379 e. The van der Waals surface area contributed by atoms with Gasteiger partial charge in [-0.05, 0) is 35.2 Å². The maximum Gasteiger partial charge on any atom is 0.309 e. The molecule has 120 valence electrons. The van der Waals surface area contributed by atoms with Gasteiger partial charge in [0.2, 0.25) is 0 Å². The van der Waals surface area contributed by atoms with Crippen molar-refractivity contribution in [3.8, 4) is 0 Å². The van der Waals surface area contributed by atoms with E-state index < -0.39 is 11.8 Å². The summed E-state index contributed by atoms with van der Waals surface area (Å²) in [4.78, 5) is 25.9. The molecule has 1 aromatic rings. The number of morpholine rings is 1. The molecule has 1 aliphatic heterocycles. The molecule has 6 nitrogen and oxygen atoms in total. The maximum atomic E-state index is 11.9. The van der Waals surface area contributed by atoms with Crippen molar-refractivity contribution in [3.05, 3.63) is 22.4 Å². The van der Waals surface area contributed by atoms with E-state index in [2.05, 4.69) is 27.0 Å². The molecule has 0 aromatic carbocycles. The van der Waals surface area contributed by atoms with Gasteiger partial charge in [0.25, 0.3) is 0 Å². The molecule has 1 aliphatic carbocycles. The summed E-state index contributed by atoms with van der Waals surface area (Å²) in [5.74, 6) is -1.06. The molecule has 7 heteroatoms. The first-order valence-electron chi connectivity index (χ1n) is 7.66. The Labute approximate surface area is 133 Å². The SMILES string of the molecule is O=C(NCC(c1ccsc1)N1CCOCC1)C(=O)NC1CC1. The van der Waals surface area contributed by atoms with Crippen molar-refractivity contribution in [3.63, 3.8) is 0 Å². The topological polar surface area (TPSA) is 70.7 Å². The van der Waals surface area contributed by atoms with Gasteiger partial charge < -0.3 is 15.4 Å². The van der Waals surface area contributed by atoms with E-state index in [0.717, 1.165) is 25.9 Å². The summed E-state index contributed by atoms with van der Waals surface area (Å²) < 4.78 is 5.39. The molecular formula is C15H21N3O3S. The Morgan fingerprint density at radius 3 is 2.73 bits per heavy atom. The number of carbonyl (C=O) groups is 2. The third kappa shape index (κ3) is 4.06. The molecule has 0 radical (unpaired) electrons. The summed E-state index contributed by atoms with van der Waals surface area (Å²) in [6.45, 7) is 3.52. The van der Waals surface area contributed by atoms with Gasteiger partial charge in [-0.25, -0.2) is 0 Å². The predicted molar refractivity (Wildman–Crippen MR) is 83.6 cm³/mol. The molecule has 2 N–H and O–H groups in total. The first kappa shape index (κ1) is 15.5. The van der Waals surface area contributed by atoms with Crippen LogP contribution in [0.2, 0.25) is 0 Å². The van der Waals surface area contributed by atoms with Crippen molar-refractivity contribution in [2.24, 2.45) is 0 Å². The van der Waals surface area contributed by atoms with Crippen LogP contribution in [0.4, 0.5) is 0 Å². The Morgan fingerprint density at radius 1 is 1.32 bits per heavy atom.